The zero-order chi connectivity index (χ0) is 5.86. The zero-order valence-electron chi connectivity index (χ0n) is 3.65. The summed E-state index contributed by atoms with van der Waals surface area (Å²) in [5, 5.41) is 13.3. The van der Waals surface area contributed by atoms with Crippen molar-refractivity contribution >= 4 is 8.28 Å². The summed E-state index contributed by atoms with van der Waals surface area (Å²) < 4.78 is 0.125. The molecule has 38 valence electrons. The molecule has 0 radical (unpaired) electrons. The molecular weight excluding hydrogens is 128 g/mol. The summed E-state index contributed by atoms with van der Waals surface area (Å²) in [6.07, 6.45) is 0. The summed E-state index contributed by atoms with van der Waals surface area (Å²) >= 11 is -0.889. The van der Waals surface area contributed by atoms with E-state index >= 15 is 0 Å². The Morgan fingerprint density at radius 1 is 1.14 bits per heavy atom. The average molecular weight is 134 g/mol. The molecule has 0 saturated heterocycles. The van der Waals surface area contributed by atoms with Crippen LogP contribution >= 0.6 is 0 Å². The van der Waals surface area contributed by atoms with Crippen molar-refractivity contribution in [3.63, 3.8) is 0 Å². The van der Waals surface area contributed by atoms with Gasteiger partial charge in [0.25, 0.3) is 0 Å². The van der Waals surface area contributed by atoms with Crippen LogP contribution in [0.15, 0.2) is 0 Å². The summed E-state index contributed by atoms with van der Waals surface area (Å²) in [7, 11) is 0. The molecule has 0 aliphatic carbocycles. The molecule has 0 spiro atoms. The molecule has 4 nitrogen and oxygen atoms in total. The maximum absolute atomic E-state index is 6.64. The molecule has 0 saturated carbocycles. The van der Waals surface area contributed by atoms with Gasteiger partial charge in [0.1, 0.15) is 0 Å². The monoisotopic (exact) mass is 134 g/mol. The first-order valence-electron chi connectivity index (χ1n) is 1.58. The number of nitrogens with two attached hydrogens (primary N) is 2. The molecule has 6 N–H and O–H groups in total. The first kappa shape index (κ1) is 6.65. The molecule has 0 bridgehead atoms. The first-order chi connectivity index (χ1) is 3.13. The van der Waals surface area contributed by atoms with Gasteiger partial charge in [-0.15, -0.1) is 0 Å². The van der Waals surface area contributed by atoms with E-state index in [9.17, 15) is 0 Å². The Balaban J connectivity index is 3.32. The van der Waals surface area contributed by atoms with Gasteiger partial charge < -0.3 is 0 Å². The van der Waals surface area contributed by atoms with Gasteiger partial charge in [-0.25, -0.2) is 0 Å². The molecule has 0 heterocycles. The van der Waals surface area contributed by atoms with E-state index in [1.165, 1.54) is 0 Å². The minimum absolute atomic E-state index is 0.0625. The van der Waals surface area contributed by atoms with Crippen LogP contribution in [0, 0.1) is 10.8 Å². The molecule has 0 aromatic carbocycles. The molecule has 0 unspecified atom stereocenters. The van der Waals surface area contributed by atoms with Crippen molar-refractivity contribution in [1.29, 1.82) is 10.8 Å². The fourth-order valence-electron chi connectivity index (χ4n) is 0.145. The normalized spacial score (nSPS) is 7.43. The SMILES string of the molecule is N=[C](N)[Ti][C](=N)N. The van der Waals surface area contributed by atoms with Gasteiger partial charge in [-0.3, -0.25) is 0 Å². The van der Waals surface area contributed by atoms with E-state index in [-0.39, 0.29) is 8.28 Å². The van der Waals surface area contributed by atoms with Crippen molar-refractivity contribution in [2.45, 2.75) is 0 Å². The fraction of sp³-hybridized carbons (Fsp3) is 0. The Bertz CT molecular complexity index is 85.9. The summed E-state index contributed by atoms with van der Waals surface area (Å²) in [4.78, 5) is 0. The molecule has 5 heteroatoms. The second-order valence-corrected chi connectivity index (χ2v) is 3.03. The molecule has 0 aliphatic rings. The first-order valence-corrected chi connectivity index (χ1v) is 3.14. The van der Waals surface area contributed by atoms with Crippen LogP contribution in [0.1, 0.15) is 0 Å². The van der Waals surface area contributed by atoms with Gasteiger partial charge >= 0.3 is 49.7 Å². The molecule has 7 heavy (non-hydrogen) atoms. The Kier molecular flexibility index (Phi) is 2.63. The number of rotatable bonds is 2. The second kappa shape index (κ2) is 2.77. The fourth-order valence-corrected chi connectivity index (χ4v) is 0.598. The van der Waals surface area contributed by atoms with Crippen LogP contribution in [0.4, 0.5) is 0 Å². The van der Waals surface area contributed by atoms with E-state index in [2.05, 4.69) is 0 Å². The van der Waals surface area contributed by atoms with E-state index in [4.69, 9.17) is 22.3 Å². The number of hydrogen-bond donors (Lipinski definition) is 4. The third-order valence-corrected chi connectivity index (χ3v) is 1.11. The van der Waals surface area contributed by atoms with Crippen LogP contribution in [-0.2, 0) is 19.2 Å². The molecule has 0 aromatic rings. The summed E-state index contributed by atoms with van der Waals surface area (Å²) in [6, 6.07) is 0. The zero-order valence-corrected chi connectivity index (χ0v) is 5.22. The molecular formula is C2H6N4Ti. The Hall–Kier alpha value is -0.346. The van der Waals surface area contributed by atoms with Crippen molar-refractivity contribution in [3.8, 4) is 0 Å². The third kappa shape index (κ3) is 5.65. The molecule has 0 fully saturated rings. The number of amidine groups is 2. The molecule has 0 atom stereocenters. The van der Waals surface area contributed by atoms with E-state index in [1.807, 2.05) is 0 Å². The van der Waals surface area contributed by atoms with E-state index < -0.39 is 19.2 Å². The van der Waals surface area contributed by atoms with Gasteiger partial charge in [-0.05, 0) is 0 Å². The summed E-state index contributed by atoms with van der Waals surface area (Å²) in [6.45, 7) is 0. The third-order valence-electron chi connectivity index (χ3n) is 0.269. The predicted molar refractivity (Wildman–Crippen MR) is 23.8 cm³/mol. The van der Waals surface area contributed by atoms with Crippen molar-refractivity contribution in [2.24, 2.45) is 11.5 Å². The molecule has 0 aromatic heterocycles. The Morgan fingerprint density at radius 2 is 1.43 bits per heavy atom. The topological polar surface area (TPSA) is 99.7 Å². The molecule has 0 amide bonds. The average Bonchev–Trinajstić information content (AvgIpc) is 1.27. The van der Waals surface area contributed by atoms with Gasteiger partial charge in [0.15, 0.2) is 0 Å². The Morgan fingerprint density at radius 3 is 1.43 bits per heavy atom. The van der Waals surface area contributed by atoms with Crippen molar-refractivity contribution in [3.05, 3.63) is 0 Å². The minimum atomic E-state index is -0.889. The van der Waals surface area contributed by atoms with E-state index in [0.717, 1.165) is 0 Å². The number of hydrogen-bond acceptors (Lipinski definition) is 2. The van der Waals surface area contributed by atoms with Gasteiger partial charge in [-0.2, -0.15) is 0 Å². The Labute approximate surface area is 50.2 Å². The van der Waals surface area contributed by atoms with Crippen molar-refractivity contribution in [2.75, 3.05) is 0 Å². The predicted octanol–water partition coefficient (Wildman–Crippen LogP) is -1.14. The van der Waals surface area contributed by atoms with Gasteiger partial charge in [0.2, 0.25) is 0 Å². The van der Waals surface area contributed by atoms with Gasteiger partial charge in [-0.1, -0.05) is 0 Å². The van der Waals surface area contributed by atoms with E-state index in [0.29, 0.717) is 0 Å². The van der Waals surface area contributed by atoms with Crippen LogP contribution in [0.5, 0.6) is 0 Å². The molecule has 0 rings (SSSR count). The van der Waals surface area contributed by atoms with Crippen LogP contribution < -0.4 is 11.5 Å². The summed E-state index contributed by atoms with van der Waals surface area (Å²) in [5.41, 5.74) is 9.82. The maximum atomic E-state index is 6.64. The van der Waals surface area contributed by atoms with Crippen LogP contribution in [0.25, 0.3) is 0 Å². The van der Waals surface area contributed by atoms with Crippen LogP contribution in [0.2, 0.25) is 0 Å². The van der Waals surface area contributed by atoms with Crippen molar-refractivity contribution < 1.29 is 19.2 Å². The van der Waals surface area contributed by atoms with Crippen LogP contribution in [0.3, 0.4) is 0 Å². The standard InChI is InChI=1S/2CH3N2.Ti/c2*2-1-3;/h2*(H3,2,3);. The van der Waals surface area contributed by atoms with Crippen molar-refractivity contribution in [1.82, 2.24) is 0 Å². The van der Waals surface area contributed by atoms with Crippen LogP contribution in [-0.4, -0.2) is 8.28 Å². The van der Waals surface area contributed by atoms with E-state index in [1.54, 1.807) is 0 Å². The summed E-state index contributed by atoms with van der Waals surface area (Å²) in [5.74, 6) is 0. The quantitative estimate of drug-likeness (QED) is 0.218. The molecule has 0 aliphatic heterocycles. The second-order valence-electron chi connectivity index (χ2n) is 0.952. The van der Waals surface area contributed by atoms with Gasteiger partial charge in [0, 0.05) is 0 Å². The van der Waals surface area contributed by atoms with Gasteiger partial charge in [0.05, 0.1) is 0 Å². The number of nitrogens with one attached hydrogen (secondary N) is 2.